The number of hydrogen-bond acceptors (Lipinski definition) is 4. The predicted molar refractivity (Wildman–Crippen MR) is 182 cm³/mol. The van der Waals surface area contributed by atoms with E-state index < -0.39 is 10.7 Å². The molecule has 5 heterocycles. The summed E-state index contributed by atoms with van der Waals surface area (Å²) in [7, 11) is -3.51. The molecule has 0 N–H and O–H groups in total. The summed E-state index contributed by atoms with van der Waals surface area (Å²) in [5.74, 6) is 0. The fourth-order valence-electron chi connectivity index (χ4n) is 7.25. The first kappa shape index (κ1) is 31.2. The molecular formula is C36H52N4Pd. The average Bonchev–Trinajstić information content (AvgIpc) is 3.85. The Bertz CT molecular complexity index is 1280. The Morgan fingerprint density at radius 3 is 0.683 bits per heavy atom. The Labute approximate surface area is 242 Å². The Hall–Kier alpha value is -2.74. The van der Waals surface area contributed by atoms with Crippen molar-refractivity contribution in [2.75, 3.05) is 0 Å². The SMILES string of the molecule is C1=CC2=NC1=CC1=NC(=CC3=NC(=CC4=NC(=C2)C=C4)C=C3)C=C1.C[CH2][Pd]([CH2]C)([CH2]C)([CH2]C)([CH2]C)([CH2]C)([CH2]C)[CH2]C. The molecule has 0 aromatic rings. The molecule has 5 aliphatic rings. The van der Waals surface area contributed by atoms with Crippen molar-refractivity contribution in [3.05, 3.63) is 95.7 Å². The van der Waals surface area contributed by atoms with Crippen LogP contribution in [0.5, 0.6) is 0 Å². The van der Waals surface area contributed by atoms with E-state index in [-0.39, 0.29) is 0 Å². The summed E-state index contributed by atoms with van der Waals surface area (Å²) in [4.78, 5) is 30.0. The van der Waals surface area contributed by atoms with Gasteiger partial charge < -0.3 is 0 Å². The second kappa shape index (κ2) is 9.13. The number of rotatable bonds is 8. The van der Waals surface area contributed by atoms with E-state index in [1.165, 1.54) is 39.1 Å². The molecule has 0 radical (unpaired) electrons. The van der Waals surface area contributed by atoms with Crippen molar-refractivity contribution in [3.63, 3.8) is 0 Å². The Balaban J connectivity index is 0.000000204. The van der Waals surface area contributed by atoms with Crippen molar-refractivity contribution in [2.24, 2.45) is 20.0 Å². The molecule has 41 heavy (non-hydrogen) atoms. The zero-order valence-electron chi connectivity index (χ0n) is 26.7. The molecule has 226 valence electrons. The van der Waals surface area contributed by atoms with Gasteiger partial charge in [0.15, 0.2) is 0 Å². The molecule has 0 amide bonds. The molecule has 0 fully saturated rings. The van der Waals surface area contributed by atoms with Crippen LogP contribution in [-0.4, -0.2) is 22.8 Å². The van der Waals surface area contributed by atoms with Crippen LogP contribution < -0.4 is 0 Å². The molecule has 4 nitrogen and oxygen atoms in total. The number of hydrogen-bond donors (Lipinski definition) is 0. The molecule has 0 aromatic heterocycles. The van der Waals surface area contributed by atoms with Crippen LogP contribution in [0.1, 0.15) is 55.4 Å². The van der Waals surface area contributed by atoms with Gasteiger partial charge in [0.2, 0.25) is 0 Å². The van der Waals surface area contributed by atoms with Gasteiger partial charge in [-0.2, -0.15) is 0 Å². The first-order valence-electron chi connectivity index (χ1n) is 15.2. The van der Waals surface area contributed by atoms with Gasteiger partial charge in [-0.05, 0) is 72.9 Å². The molecule has 5 heteroatoms. The van der Waals surface area contributed by atoms with E-state index in [0.717, 1.165) is 45.6 Å². The van der Waals surface area contributed by atoms with Gasteiger partial charge in [0.25, 0.3) is 0 Å². The number of nitrogens with zero attached hydrogens (tertiary/aromatic N) is 4. The fraction of sp³-hybridized carbons (Fsp3) is 0.444. The van der Waals surface area contributed by atoms with Crippen LogP contribution in [0.4, 0.5) is 0 Å². The van der Waals surface area contributed by atoms with Gasteiger partial charge in [-0.25, -0.2) is 20.0 Å². The third kappa shape index (κ3) is 4.18. The van der Waals surface area contributed by atoms with Crippen molar-refractivity contribution in [3.8, 4) is 0 Å². The van der Waals surface area contributed by atoms with E-state index in [4.69, 9.17) is 0 Å². The van der Waals surface area contributed by atoms with E-state index in [9.17, 15) is 0 Å². The monoisotopic (exact) mass is 646 g/mol. The van der Waals surface area contributed by atoms with Gasteiger partial charge in [0, 0.05) is 0 Å². The quantitative estimate of drug-likeness (QED) is 0.236. The van der Waals surface area contributed by atoms with Crippen molar-refractivity contribution in [1.29, 1.82) is 0 Å². The maximum atomic E-state index is 4.59. The summed E-state index contributed by atoms with van der Waals surface area (Å²) in [6.07, 6.45) is 23.8. The summed E-state index contributed by atoms with van der Waals surface area (Å²) in [6, 6.07) is 0. The zero-order chi connectivity index (χ0) is 29.9. The second-order valence-corrected chi connectivity index (χ2v) is 42.5. The van der Waals surface area contributed by atoms with Crippen molar-refractivity contribution < 1.29 is 10.7 Å². The molecule has 5 aliphatic heterocycles. The molecule has 0 atom stereocenters. The molecular weight excluding hydrogens is 595 g/mol. The van der Waals surface area contributed by atoms with Gasteiger partial charge in [0.1, 0.15) is 0 Å². The number of fused-ring (bicyclic) bond motifs is 4. The normalized spacial score (nSPS) is 22.4. The van der Waals surface area contributed by atoms with Crippen molar-refractivity contribution in [1.82, 2.24) is 0 Å². The summed E-state index contributed by atoms with van der Waals surface area (Å²) in [5, 5.41) is 0. The van der Waals surface area contributed by atoms with Crippen molar-refractivity contribution in [2.45, 2.75) is 94.5 Å². The summed E-state index contributed by atoms with van der Waals surface area (Å²) < 4.78 is 0. The van der Waals surface area contributed by atoms with E-state index in [1.807, 2.05) is 72.9 Å². The third-order valence-electron chi connectivity index (χ3n) is 12.8. The summed E-state index contributed by atoms with van der Waals surface area (Å²) in [5.41, 5.74) is 7.15. The summed E-state index contributed by atoms with van der Waals surface area (Å²) >= 11 is 0. The maximum absolute atomic E-state index is 4.59. The number of aliphatic imine (C=N–C) groups is 4. The topological polar surface area (TPSA) is 49.4 Å². The molecule has 0 saturated carbocycles. The van der Waals surface area contributed by atoms with Crippen LogP contribution in [0.3, 0.4) is 0 Å². The van der Waals surface area contributed by atoms with Crippen LogP contribution in [0.25, 0.3) is 0 Å². The van der Waals surface area contributed by atoms with Crippen LogP contribution >= 0.6 is 0 Å². The first-order valence-corrected chi connectivity index (χ1v) is 24.0. The molecule has 0 unspecified atom stereocenters. The third-order valence-corrected chi connectivity index (χ3v) is 56.3. The van der Waals surface area contributed by atoms with Gasteiger partial charge >= 0.3 is 105 Å². The van der Waals surface area contributed by atoms with E-state index in [1.54, 1.807) is 0 Å². The van der Waals surface area contributed by atoms with Gasteiger partial charge in [-0.1, -0.05) is 0 Å². The molecule has 5 rings (SSSR count). The average molecular weight is 647 g/mol. The zero-order valence-corrected chi connectivity index (χ0v) is 28.2. The predicted octanol–water partition coefficient (Wildman–Crippen LogP) is 11.4. The minimum atomic E-state index is -3.51. The van der Waals surface area contributed by atoms with E-state index in [2.05, 4.69) is 75.4 Å². The first-order chi connectivity index (χ1) is 19.5. The van der Waals surface area contributed by atoms with Gasteiger partial charge in [-0.3, -0.25) is 0 Å². The van der Waals surface area contributed by atoms with Gasteiger partial charge in [-0.15, -0.1) is 0 Å². The van der Waals surface area contributed by atoms with Crippen LogP contribution in [0.2, 0.25) is 39.1 Å². The Morgan fingerprint density at radius 2 is 0.537 bits per heavy atom. The Kier molecular flexibility index (Phi) is 6.95. The fourth-order valence-corrected chi connectivity index (χ4v) is 29.0. The van der Waals surface area contributed by atoms with Crippen molar-refractivity contribution >= 4 is 22.8 Å². The standard InChI is InChI=1S/C20H12N4.8C2H5.Pd/c1-2-14-10-16-5-6-18(23-16)12-20-8-7-19(24-20)11-17-4-3-15(22-17)9-13(1)21-14;8*1-2;/h1-12H;8*1H2,2H3;. The molecule has 0 spiro atoms. The minimum absolute atomic E-state index is 0.894. The van der Waals surface area contributed by atoms with Crippen LogP contribution in [0.15, 0.2) is 116 Å². The second-order valence-electron chi connectivity index (χ2n) is 12.0. The van der Waals surface area contributed by atoms with E-state index >= 15 is 0 Å². The number of allylic oxidation sites excluding steroid dienone is 12. The molecule has 8 bridgehead atoms. The van der Waals surface area contributed by atoms with Crippen LogP contribution in [-0.2, 0) is 10.7 Å². The Morgan fingerprint density at radius 1 is 0.341 bits per heavy atom. The molecule has 0 aliphatic carbocycles. The van der Waals surface area contributed by atoms with E-state index in [0.29, 0.717) is 0 Å². The van der Waals surface area contributed by atoms with Gasteiger partial charge in [0.05, 0.1) is 45.6 Å². The summed E-state index contributed by atoms with van der Waals surface area (Å²) in [6.45, 7) is 20.2. The molecule has 0 aromatic carbocycles. The van der Waals surface area contributed by atoms with Crippen LogP contribution in [0, 0.1) is 0 Å². The molecule has 0 saturated heterocycles.